The van der Waals surface area contributed by atoms with Crippen LogP contribution in [0.3, 0.4) is 0 Å². The minimum absolute atomic E-state index is 0.241. The number of amides is 1. The zero-order valence-corrected chi connectivity index (χ0v) is 17.1. The monoisotopic (exact) mass is 441 g/mol. The van der Waals surface area contributed by atoms with Crippen molar-refractivity contribution in [3.63, 3.8) is 0 Å². The van der Waals surface area contributed by atoms with Gasteiger partial charge in [0.1, 0.15) is 5.82 Å². The van der Waals surface area contributed by atoms with Crippen LogP contribution in [0.2, 0.25) is 0 Å². The lowest BCUT2D eigenvalue weighted by atomic mass is 10.2. The molecule has 7 heteroatoms. The Balaban J connectivity index is 1.74. The van der Waals surface area contributed by atoms with Gasteiger partial charge in [0.05, 0.1) is 27.0 Å². The van der Waals surface area contributed by atoms with Crippen LogP contribution in [0.5, 0.6) is 11.5 Å². The normalized spacial score (nSPS) is 10.8. The van der Waals surface area contributed by atoms with E-state index >= 15 is 0 Å². The topological polar surface area (TPSA) is 65.4 Å². The van der Waals surface area contributed by atoms with E-state index in [0.29, 0.717) is 23.9 Å². The second-order valence-corrected chi connectivity index (χ2v) is 6.73. The standard InChI is InChI=1S/C21H20BrN3O3/c1-27-18-9-5-7-16(21(18)28-2)14-25-19(12-13-23-25)24-20(26)11-10-15-6-3-4-8-17(15)22/h3-13H,14H2,1-2H3,(H,24,26)/b11-10+. The quantitative estimate of drug-likeness (QED) is 0.553. The number of halogens is 1. The van der Waals surface area contributed by atoms with E-state index in [-0.39, 0.29) is 5.91 Å². The Morgan fingerprint density at radius 3 is 2.71 bits per heavy atom. The molecule has 6 nitrogen and oxygen atoms in total. The van der Waals surface area contributed by atoms with Crippen molar-refractivity contribution in [1.82, 2.24) is 9.78 Å². The smallest absolute Gasteiger partial charge is 0.249 e. The lowest BCUT2D eigenvalue weighted by molar-refractivity contribution is -0.111. The van der Waals surface area contributed by atoms with Crippen molar-refractivity contribution in [3.05, 3.63) is 76.4 Å². The minimum Gasteiger partial charge on any atom is -0.493 e. The molecule has 0 bridgehead atoms. The fourth-order valence-corrected chi connectivity index (χ4v) is 3.16. The number of ether oxygens (including phenoxy) is 2. The highest BCUT2D eigenvalue weighted by Gasteiger charge is 2.12. The Morgan fingerprint density at radius 1 is 1.14 bits per heavy atom. The lowest BCUT2D eigenvalue weighted by Crippen LogP contribution is -2.14. The van der Waals surface area contributed by atoms with Crippen molar-refractivity contribution in [2.45, 2.75) is 6.54 Å². The van der Waals surface area contributed by atoms with Gasteiger partial charge in [-0.1, -0.05) is 46.3 Å². The van der Waals surface area contributed by atoms with Crippen molar-refractivity contribution in [2.24, 2.45) is 0 Å². The minimum atomic E-state index is -0.241. The van der Waals surface area contributed by atoms with E-state index < -0.39 is 0 Å². The highest BCUT2D eigenvalue weighted by atomic mass is 79.9. The summed E-state index contributed by atoms with van der Waals surface area (Å²) >= 11 is 3.46. The molecule has 1 amide bonds. The molecule has 2 aromatic carbocycles. The summed E-state index contributed by atoms with van der Waals surface area (Å²) in [6.45, 7) is 0.428. The molecule has 28 heavy (non-hydrogen) atoms. The Morgan fingerprint density at radius 2 is 1.96 bits per heavy atom. The first-order valence-electron chi connectivity index (χ1n) is 8.57. The van der Waals surface area contributed by atoms with Gasteiger partial charge in [0.15, 0.2) is 11.5 Å². The molecular formula is C21H20BrN3O3. The number of hydrogen-bond donors (Lipinski definition) is 1. The van der Waals surface area contributed by atoms with Gasteiger partial charge in [-0.2, -0.15) is 5.10 Å². The predicted molar refractivity (Wildman–Crippen MR) is 113 cm³/mol. The van der Waals surface area contributed by atoms with Crippen LogP contribution in [-0.2, 0) is 11.3 Å². The van der Waals surface area contributed by atoms with Crippen molar-refractivity contribution in [1.29, 1.82) is 0 Å². The molecule has 1 heterocycles. The summed E-state index contributed by atoms with van der Waals surface area (Å²) in [4.78, 5) is 12.3. The highest BCUT2D eigenvalue weighted by molar-refractivity contribution is 9.10. The van der Waals surface area contributed by atoms with E-state index in [2.05, 4.69) is 26.3 Å². The molecule has 144 valence electrons. The molecule has 0 fully saturated rings. The van der Waals surface area contributed by atoms with E-state index in [1.165, 1.54) is 6.08 Å². The third-order valence-electron chi connectivity index (χ3n) is 4.09. The fraction of sp³-hybridized carbons (Fsp3) is 0.143. The van der Waals surface area contributed by atoms with Crippen molar-refractivity contribution in [2.75, 3.05) is 19.5 Å². The van der Waals surface area contributed by atoms with Crippen LogP contribution in [-0.4, -0.2) is 29.9 Å². The number of anilines is 1. The first-order chi connectivity index (χ1) is 13.6. The van der Waals surface area contributed by atoms with Crippen LogP contribution in [0.15, 0.2) is 65.3 Å². The molecule has 0 aliphatic carbocycles. The molecule has 3 rings (SSSR count). The summed E-state index contributed by atoms with van der Waals surface area (Å²) in [6.07, 6.45) is 4.88. The second kappa shape index (κ2) is 9.23. The van der Waals surface area contributed by atoms with Gasteiger partial charge in [-0.05, 0) is 23.8 Å². The Bertz CT molecular complexity index is 998. The van der Waals surface area contributed by atoms with Crippen LogP contribution in [0.25, 0.3) is 6.08 Å². The Hall–Kier alpha value is -3.06. The Labute approximate surface area is 171 Å². The van der Waals surface area contributed by atoms with Gasteiger partial charge in [-0.25, -0.2) is 4.68 Å². The highest BCUT2D eigenvalue weighted by Crippen LogP contribution is 2.31. The van der Waals surface area contributed by atoms with Crippen LogP contribution in [0.4, 0.5) is 5.82 Å². The first-order valence-corrected chi connectivity index (χ1v) is 9.37. The first kappa shape index (κ1) is 19.7. The maximum Gasteiger partial charge on any atom is 0.249 e. The third kappa shape index (κ3) is 4.61. The molecule has 0 unspecified atom stereocenters. The molecule has 1 aromatic heterocycles. The second-order valence-electron chi connectivity index (χ2n) is 5.87. The van der Waals surface area contributed by atoms with Crippen LogP contribution >= 0.6 is 15.9 Å². The van der Waals surface area contributed by atoms with Gasteiger partial charge in [0, 0.05) is 22.2 Å². The predicted octanol–water partition coefficient (Wildman–Crippen LogP) is 4.36. The summed E-state index contributed by atoms with van der Waals surface area (Å²) in [5.74, 6) is 1.64. The fourth-order valence-electron chi connectivity index (χ4n) is 2.75. The number of rotatable bonds is 7. The van der Waals surface area contributed by atoms with E-state index in [9.17, 15) is 4.79 Å². The maximum absolute atomic E-state index is 12.3. The van der Waals surface area contributed by atoms with E-state index in [4.69, 9.17) is 9.47 Å². The number of hydrogen-bond acceptors (Lipinski definition) is 4. The number of benzene rings is 2. The number of aromatic nitrogens is 2. The third-order valence-corrected chi connectivity index (χ3v) is 4.81. The van der Waals surface area contributed by atoms with Gasteiger partial charge in [-0.3, -0.25) is 4.79 Å². The molecule has 0 aliphatic heterocycles. The summed E-state index contributed by atoms with van der Waals surface area (Å²) < 4.78 is 13.4. The molecule has 1 N–H and O–H groups in total. The van der Waals surface area contributed by atoms with Crippen LogP contribution in [0, 0.1) is 0 Å². The molecule has 0 saturated heterocycles. The molecule has 0 spiro atoms. The molecular weight excluding hydrogens is 422 g/mol. The number of para-hydroxylation sites is 1. The number of carbonyl (C=O) groups is 1. The zero-order valence-electron chi connectivity index (χ0n) is 15.6. The van der Waals surface area contributed by atoms with Crippen molar-refractivity contribution in [3.8, 4) is 11.5 Å². The number of carbonyl (C=O) groups excluding carboxylic acids is 1. The zero-order chi connectivity index (χ0) is 19.9. The van der Waals surface area contributed by atoms with E-state index in [1.807, 2.05) is 42.5 Å². The molecule has 0 radical (unpaired) electrons. The average Bonchev–Trinajstić information content (AvgIpc) is 3.13. The summed E-state index contributed by atoms with van der Waals surface area (Å²) in [6, 6.07) is 15.1. The Kier molecular flexibility index (Phi) is 6.49. The number of methoxy groups -OCH3 is 2. The van der Waals surface area contributed by atoms with Gasteiger partial charge < -0.3 is 14.8 Å². The largest absolute Gasteiger partial charge is 0.493 e. The number of nitrogens with zero attached hydrogens (tertiary/aromatic N) is 2. The number of nitrogens with one attached hydrogen (secondary N) is 1. The summed E-state index contributed by atoms with van der Waals surface area (Å²) in [5.41, 5.74) is 1.82. The van der Waals surface area contributed by atoms with E-state index in [1.54, 1.807) is 37.2 Å². The molecule has 3 aromatic rings. The van der Waals surface area contributed by atoms with Crippen LogP contribution < -0.4 is 14.8 Å². The molecule has 0 saturated carbocycles. The SMILES string of the molecule is COc1cccc(Cn2nccc2NC(=O)/C=C/c2ccccc2Br)c1OC. The molecule has 0 atom stereocenters. The van der Waals surface area contributed by atoms with E-state index in [0.717, 1.165) is 15.6 Å². The lowest BCUT2D eigenvalue weighted by Gasteiger charge is -2.14. The maximum atomic E-state index is 12.3. The van der Waals surface area contributed by atoms with Crippen molar-refractivity contribution >= 4 is 33.7 Å². The van der Waals surface area contributed by atoms with Gasteiger partial charge in [0.2, 0.25) is 5.91 Å². The van der Waals surface area contributed by atoms with Gasteiger partial charge >= 0.3 is 0 Å². The average molecular weight is 442 g/mol. The van der Waals surface area contributed by atoms with Gasteiger partial charge in [0.25, 0.3) is 0 Å². The summed E-state index contributed by atoms with van der Waals surface area (Å²) in [7, 11) is 3.19. The van der Waals surface area contributed by atoms with Crippen LogP contribution in [0.1, 0.15) is 11.1 Å². The van der Waals surface area contributed by atoms with Crippen molar-refractivity contribution < 1.29 is 14.3 Å². The molecule has 0 aliphatic rings. The van der Waals surface area contributed by atoms with Gasteiger partial charge in [-0.15, -0.1) is 0 Å². The summed E-state index contributed by atoms with van der Waals surface area (Å²) in [5, 5.41) is 7.16.